The second kappa shape index (κ2) is 66.4. The van der Waals surface area contributed by atoms with Crippen LogP contribution in [-0.4, -0.2) is 37.2 Å². The molecule has 6 nitrogen and oxygen atoms in total. The standard InChI is InChI=1S/C71H134O6/c1-4-7-10-13-16-19-22-24-26-28-30-32-33-34-35-36-37-39-40-42-44-46-49-52-55-58-61-64-70(73)76-67-68(66-75-69(72)63-60-57-54-51-48-21-18-15-12-9-6-3)77-71(74)65-62-59-56-53-50-47-45-43-41-38-31-29-27-25-23-20-17-14-11-8-5-2/h15,18,28,30,68H,4-14,16-17,19-27,29,31-67H2,1-3H3/b18-15-,30-28-. The lowest BCUT2D eigenvalue weighted by molar-refractivity contribution is -0.167. The van der Waals surface area contributed by atoms with Gasteiger partial charge in [-0.1, -0.05) is 334 Å². The van der Waals surface area contributed by atoms with E-state index in [1.54, 1.807) is 0 Å². The van der Waals surface area contributed by atoms with Crippen molar-refractivity contribution in [2.45, 2.75) is 399 Å². The summed E-state index contributed by atoms with van der Waals surface area (Å²) in [5.74, 6) is -0.849. The maximum Gasteiger partial charge on any atom is 0.306 e. The molecule has 0 aliphatic rings. The number of carbonyl (C=O) groups is 3. The molecule has 0 spiro atoms. The molecule has 77 heavy (non-hydrogen) atoms. The number of esters is 3. The lowest BCUT2D eigenvalue weighted by atomic mass is 10.0. The second-order valence-corrected chi connectivity index (χ2v) is 23.8. The highest BCUT2D eigenvalue weighted by atomic mass is 16.6. The maximum atomic E-state index is 12.9. The van der Waals surface area contributed by atoms with Crippen LogP contribution < -0.4 is 0 Å². The molecule has 0 bridgehead atoms. The summed E-state index contributed by atoms with van der Waals surface area (Å²) in [6.07, 6.45) is 80.7. The Bertz CT molecular complexity index is 1240. The van der Waals surface area contributed by atoms with Crippen LogP contribution in [0.4, 0.5) is 0 Å². The summed E-state index contributed by atoms with van der Waals surface area (Å²) in [4.78, 5) is 38.3. The fraction of sp³-hybridized carbons (Fsp3) is 0.901. The van der Waals surface area contributed by atoms with Crippen LogP contribution in [0.3, 0.4) is 0 Å². The Morgan fingerprint density at radius 1 is 0.247 bits per heavy atom. The monoisotopic (exact) mass is 1080 g/mol. The van der Waals surface area contributed by atoms with Gasteiger partial charge in [-0.25, -0.2) is 0 Å². The topological polar surface area (TPSA) is 78.9 Å². The van der Waals surface area contributed by atoms with Crippen molar-refractivity contribution >= 4 is 17.9 Å². The van der Waals surface area contributed by atoms with Crippen molar-refractivity contribution in [2.24, 2.45) is 0 Å². The van der Waals surface area contributed by atoms with Gasteiger partial charge in [0.05, 0.1) is 0 Å². The Morgan fingerprint density at radius 3 is 0.688 bits per heavy atom. The van der Waals surface area contributed by atoms with Gasteiger partial charge in [0.2, 0.25) is 0 Å². The zero-order valence-electron chi connectivity index (χ0n) is 52.3. The minimum absolute atomic E-state index is 0.0681. The summed E-state index contributed by atoms with van der Waals surface area (Å²) >= 11 is 0. The third kappa shape index (κ3) is 64.6. The molecular weight excluding hydrogens is 949 g/mol. The first-order valence-corrected chi connectivity index (χ1v) is 34.8. The predicted octanol–water partition coefficient (Wildman–Crippen LogP) is 23.8. The minimum atomic E-state index is -0.771. The minimum Gasteiger partial charge on any atom is -0.462 e. The predicted molar refractivity (Wildman–Crippen MR) is 335 cm³/mol. The van der Waals surface area contributed by atoms with Gasteiger partial charge in [0.25, 0.3) is 0 Å². The molecule has 6 heteroatoms. The highest BCUT2D eigenvalue weighted by molar-refractivity contribution is 5.71. The summed E-state index contributed by atoms with van der Waals surface area (Å²) in [5, 5.41) is 0. The van der Waals surface area contributed by atoms with E-state index in [9.17, 15) is 14.4 Å². The lowest BCUT2D eigenvalue weighted by Gasteiger charge is -2.18. The summed E-state index contributed by atoms with van der Waals surface area (Å²) in [7, 11) is 0. The Kier molecular flexibility index (Phi) is 64.6. The van der Waals surface area contributed by atoms with Gasteiger partial charge in [0.1, 0.15) is 13.2 Å². The lowest BCUT2D eigenvalue weighted by Crippen LogP contribution is -2.30. The molecule has 0 aromatic carbocycles. The number of hydrogen-bond acceptors (Lipinski definition) is 6. The van der Waals surface area contributed by atoms with Gasteiger partial charge in [0, 0.05) is 19.3 Å². The maximum absolute atomic E-state index is 12.9. The van der Waals surface area contributed by atoms with Crippen molar-refractivity contribution in [3.05, 3.63) is 24.3 Å². The molecule has 0 N–H and O–H groups in total. The summed E-state index contributed by atoms with van der Waals surface area (Å²) in [6.45, 7) is 6.67. The number of ether oxygens (including phenoxy) is 3. The average molecular weight is 1080 g/mol. The largest absolute Gasteiger partial charge is 0.462 e. The van der Waals surface area contributed by atoms with Gasteiger partial charge >= 0.3 is 17.9 Å². The van der Waals surface area contributed by atoms with Crippen molar-refractivity contribution in [1.29, 1.82) is 0 Å². The Balaban J connectivity index is 4.15. The van der Waals surface area contributed by atoms with Crippen LogP contribution in [0, 0.1) is 0 Å². The fourth-order valence-corrected chi connectivity index (χ4v) is 10.7. The van der Waals surface area contributed by atoms with Gasteiger partial charge in [-0.2, -0.15) is 0 Å². The first-order chi connectivity index (χ1) is 38.0. The molecule has 454 valence electrons. The molecule has 0 saturated heterocycles. The van der Waals surface area contributed by atoms with Crippen molar-refractivity contribution in [2.75, 3.05) is 13.2 Å². The van der Waals surface area contributed by atoms with Crippen LogP contribution >= 0.6 is 0 Å². The van der Waals surface area contributed by atoms with Crippen molar-refractivity contribution in [1.82, 2.24) is 0 Å². The van der Waals surface area contributed by atoms with E-state index in [0.717, 1.165) is 64.2 Å². The molecule has 0 rings (SSSR count). The third-order valence-corrected chi connectivity index (χ3v) is 15.9. The van der Waals surface area contributed by atoms with Crippen molar-refractivity contribution < 1.29 is 28.6 Å². The molecule has 0 aliphatic heterocycles. The number of unbranched alkanes of at least 4 members (excludes halogenated alkanes) is 50. The van der Waals surface area contributed by atoms with E-state index in [0.29, 0.717) is 19.3 Å². The first kappa shape index (κ1) is 74.9. The number of allylic oxidation sites excluding steroid dienone is 4. The number of hydrogen-bond donors (Lipinski definition) is 0. The van der Waals surface area contributed by atoms with Crippen LogP contribution in [0.2, 0.25) is 0 Å². The third-order valence-electron chi connectivity index (χ3n) is 15.9. The summed E-state index contributed by atoms with van der Waals surface area (Å²) in [6, 6.07) is 0. The zero-order chi connectivity index (χ0) is 55.7. The Hall–Kier alpha value is -2.11. The SMILES string of the molecule is CCCC/C=C\CCCCCCCC(=O)OCC(COC(=O)CCCCCCCCCCCCCCCCC/C=C\CCCCCCCCCC)OC(=O)CCCCCCCCCCCCCCCCCCCCCCC. The van der Waals surface area contributed by atoms with Crippen molar-refractivity contribution in [3.63, 3.8) is 0 Å². The van der Waals surface area contributed by atoms with Crippen LogP contribution in [0.5, 0.6) is 0 Å². The molecule has 0 aliphatic carbocycles. The van der Waals surface area contributed by atoms with E-state index in [1.807, 2.05) is 0 Å². The van der Waals surface area contributed by atoms with E-state index in [2.05, 4.69) is 45.1 Å². The highest BCUT2D eigenvalue weighted by Gasteiger charge is 2.19. The fourth-order valence-electron chi connectivity index (χ4n) is 10.7. The van der Waals surface area contributed by atoms with Crippen LogP contribution in [0.15, 0.2) is 24.3 Å². The zero-order valence-corrected chi connectivity index (χ0v) is 52.3. The molecule has 1 unspecified atom stereocenters. The second-order valence-electron chi connectivity index (χ2n) is 23.8. The number of rotatable bonds is 65. The Labute approximate surface area is 481 Å². The van der Waals surface area contributed by atoms with E-state index in [1.165, 1.54) is 289 Å². The van der Waals surface area contributed by atoms with Crippen LogP contribution in [0.1, 0.15) is 393 Å². The van der Waals surface area contributed by atoms with Crippen molar-refractivity contribution in [3.8, 4) is 0 Å². The van der Waals surface area contributed by atoms with Gasteiger partial charge in [-0.15, -0.1) is 0 Å². The molecule has 0 aromatic heterocycles. The van der Waals surface area contributed by atoms with Crippen LogP contribution in [-0.2, 0) is 28.6 Å². The average Bonchev–Trinajstić information content (AvgIpc) is 3.43. The van der Waals surface area contributed by atoms with Gasteiger partial charge in [0.15, 0.2) is 6.10 Å². The molecule has 0 saturated carbocycles. The molecular formula is C71H134O6. The van der Waals surface area contributed by atoms with Crippen LogP contribution in [0.25, 0.3) is 0 Å². The first-order valence-electron chi connectivity index (χ1n) is 34.8. The Morgan fingerprint density at radius 2 is 0.442 bits per heavy atom. The van der Waals surface area contributed by atoms with E-state index in [4.69, 9.17) is 14.2 Å². The number of carbonyl (C=O) groups excluding carboxylic acids is 3. The molecule has 1 atom stereocenters. The molecule has 0 heterocycles. The molecule has 0 aromatic rings. The van der Waals surface area contributed by atoms with E-state index >= 15 is 0 Å². The van der Waals surface area contributed by atoms with Gasteiger partial charge < -0.3 is 14.2 Å². The summed E-state index contributed by atoms with van der Waals surface area (Å²) in [5.41, 5.74) is 0. The molecule has 0 fully saturated rings. The van der Waals surface area contributed by atoms with E-state index in [-0.39, 0.29) is 31.1 Å². The smallest absolute Gasteiger partial charge is 0.306 e. The summed E-state index contributed by atoms with van der Waals surface area (Å²) < 4.78 is 17.0. The van der Waals surface area contributed by atoms with Gasteiger partial charge in [-0.3, -0.25) is 14.4 Å². The molecule has 0 amide bonds. The van der Waals surface area contributed by atoms with Gasteiger partial charge in [-0.05, 0) is 64.2 Å². The normalized spacial score (nSPS) is 12.1. The molecule has 0 radical (unpaired) electrons. The quantitative estimate of drug-likeness (QED) is 0.0261. The van der Waals surface area contributed by atoms with E-state index < -0.39 is 6.10 Å². The highest BCUT2D eigenvalue weighted by Crippen LogP contribution is 2.19.